The maximum atomic E-state index is 12.9. The predicted molar refractivity (Wildman–Crippen MR) is 105 cm³/mol. The first-order chi connectivity index (χ1) is 13.5. The summed E-state index contributed by atoms with van der Waals surface area (Å²) < 4.78 is 6.77. The first-order valence-electron chi connectivity index (χ1n) is 9.46. The largest absolute Gasteiger partial charge is 0.479 e. The number of anilines is 1. The molecule has 10 heteroatoms. The van der Waals surface area contributed by atoms with Gasteiger partial charge in [0.15, 0.2) is 5.13 Å². The van der Waals surface area contributed by atoms with Crippen molar-refractivity contribution in [1.82, 2.24) is 25.0 Å². The van der Waals surface area contributed by atoms with Crippen molar-refractivity contribution in [2.45, 2.75) is 44.7 Å². The Morgan fingerprint density at radius 1 is 1.32 bits per heavy atom. The molecule has 4 rings (SSSR count). The van der Waals surface area contributed by atoms with E-state index in [9.17, 15) is 9.59 Å². The maximum absolute atomic E-state index is 12.9. The lowest BCUT2D eigenvalue weighted by Gasteiger charge is -2.25. The highest BCUT2D eigenvalue weighted by atomic mass is 32.1. The topological polar surface area (TPSA) is 101 Å². The molecule has 0 bridgehead atoms. The molecule has 2 aromatic rings. The van der Waals surface area contributed by atoms with Crippen LogP contribution in [0.5, 0.6) is 5.88 Å². The highest BCUT2D eigenvalue weighted by molar-refractivity contribution is 7.15. The Morgan fingerprint density at radius 2 is 2.11 bits per heavy atom. The number of ether oxygens (including phenoxy) is 1. The van der Waals surface area contributed by atoms with E-state index in [1.165, 1.54) is 31.3 Å². The highest BCUT2D eigenvalue weighted by Gasteiger charge is 2.28. The normalized spacial score (nSPS) is 16.7. The van der Waals surface area contributed by atoms with Gasteiger partial charge in [-0.25, -0.2) is 9.78 Å². The Kier molecular flexibility index (Phi) is 5.21. The second-order valence-corrected chi connectivity index (χ2v) is 8.25. The van der Waals surface area contributed by atoms with Gasteiger partial charge in [0.2, 0.25) is 5.88 Å². The minimum Gasteiger partial charge on any atom is -0.479 e. The number of nitrogens with zero attached hydrogens (tertiary/aromatic N) is 4. The smallest absolute Gasteiger partial charge is 0.321 e. The molecule has 9 nitrogen and oxygen atoms in total. The molecule has 1 aliphatic heterocycles. The minimum atomic E-state index is -0.203. The van der Waals surface area contributed by atoms with Crippen LogP contribution < -0.4 is 15.4 Å². The van der Waals surface area contributed by atoms with Crippen LogP contribution in [-0.2, 0) is 20.0 Å². The number of rotatable bonds is 4. The lowest BCUT2D eigenvalue weighted by atomic mass is 10.1. The Hall–Kier alpha value is -2.62. The second-order valence-electron chi connectivity index (χ2n) is 7.17. The van der Waals surface area contributed by atoms with Gasteiger partial charge in [0.05, 0.1) is 19.3 Å². The van der Waals surface area contributed by atoms with E-state index in [1.54, 1.807) is 22.8 Å². The number of methoxy groups -OCH3 is 1. The fourth-order valence-corrected chi connectivity index (χ4v) is 4.77. The number of aryl methyl sites for hydroxylation is 1. The molecular formula is C18H24N6O3S. The Morgan fingerprint density at radius 3 is 2.86 bits per heavy atom. The van der Waals surface area contributed by atoms with Gasteiger partial charge in [-0.1, -0.05) is 24.2 Å². The molecule has 2 aromatic heterocycles. The fourth-order valence-electron chi connectivity index (χ4n) is 3.75. The molecule has 0 unspecified atom stereocenters. The summed E-state index contributed by atoms with van der Waals surface area (Å²) in [6.45, 7) is 1.04. The number of hydrogen-bond donors (Lipinski definition) is 2. The fraction of sp³-hybridized carbons (Fsp3) is 0.556. The first-order valence-corrected chi connectivity index (χ1v) is 10.3. The standard InChI is InChI=1S/C18H24N6O3S/c1-23-9-12(15(22-23)27-2)16(25)24-8-7-13-14(10-24)28-18(20-13)21-17(26)19-11-5-3-4-6-11/h9,11H,3-8,10H2,1-2H3,(H2,19,20,21,26). The van der Waals surface area contributed by atoms with Crippen LogP contribution in [0.25, 0.3) is 0 Å². The third-order valence-corrected chi connectivity index (χ3v) is 6.15. The molecule has 3 heterocycles. The summed E-state index contributed by atoms with van der Waals surface area (Å²) in [7, 11) is 3.26. The molecule has 3 amide bonds. The van der Waals surface area contributed by atoms with Crippen molar-refractivity contribution in [3.8, 4) is 5.88 Å². The Balaban J connectivity index is 1.41. The SMILES string of the molecule is COc1nn(C)cc1C(=O)N1CCc2nc(NC(=O)NC3CCCC3)sc2C1. The van der Waals surface area contributed by atoms with Crippen LogP contribution >= 0.6 is 11.3 Å². The number of nitrogens with one attached hydrogen (secondary N) is 2. The molecule has 150 valence electrons. The predicted octanol–water partition coefficient (Wildman–Crippen LogP) is 2.15. The summed E-state index contributed by atoms with van der Waals surface area (Å²) in [5, 5.41) is 10.6. The molecule has 28 heavy (non-hydrogen) atoms. The van der Waals surface area contributed by atoms with E-state index in [2.05, 4.69) is 20.7 Å². The summed E-state index contributed by atoms with van der Waals surface area (Å²) >= 11 is 1.42. The molecule has 1 aliphatic carbocycles. The Labute approximate surface area is 167 Å². The molecule has 1 saturated carbocycles. The molecule has 2 aliphatic rings. The number of amides is 3. The van der Waals surface area contributed by atoms with Crippen molar-refractivity contribution in [2.75, 3.05) is 19.0 Å². The number of hydrogen-bond acceptors (Lipinski definition) is 6. The highest BCUT2D eigenvalue weighted by Crippen LogP contribution is 2.30. The van der Waals surface area contributed by atoms with E-state index >= 15 is 0 Å². The number of carbonyl (C=O) groups is 2. The van der Waals surface area contributed by atoms with E-state index in [1.807, 2.05) is 0 Å². The first kappa shape index (κ1) is 18.7. The minimum absolute atomic E-state index is 0.113. The lowest BCUT2D eigenvalue weighted by molar-refractivity contribution is 0.0732. The zero-order valence-electron chi connectivity index (χ0n) is 16.0. The number of thiazole rings is 1. The van der Waals surface area contributed by atoms with Crippen molar-refractivity contribution >= 4 is 28.4 Å². The number of urea groups is 1. The molecule has 1 fully saturated rings. The van der Waals surface area contributed by atoms with E-state index < -0.39 is 0 Å². The maximum Gasteiger partial charge on any atom is 0.321 e. The average Bonchev–Trinajstić information content (AvgIpc) is 3.39. The summed E-state index contributed by atoms with van der Waals surface area (Å²) in [5.41, 5.74) is 1.40. The van der Waals surface area contributed by atoms with Gasteiger partial charge in [0.25, 0.3) is 5.91 Å². The van der Waals surface area contributed by atoms with Crippen LogP contribution in [0.2, 0.25) is 0 Å². The van der Waals surface area contributed by atoms with Gasteiger partial charge in [0, 0.05) is 37.1 Å². The summed E-state index contributed by atoms with van der Waals surface area (Å²) in [4.78, 5) is 32.3. The monoisotopic (exact) mass is 404 g/mol. The summed E-state index contributed by atoms with van der Waals surface area (Å²) in [6.07, 6.45) is 6.74. The number of carbonyl (C=O) groups excluding carboxylic acids is 2. The Bertz CT molecular complexity index is 886. The molecule has 0 spiro atoms. The third-order valence-electron chi connectivity index (χ3n) is 5.15. The lowest BCUT2D eigenvalue weighted by Crippen LogP contribution is -2.36. The van der Waals surface area contributed by atoms with Gasteiger partial charge in [-0.3, -0.25) is 14.8 Å². The van der Waals surface area contributed by atoms with Crippen molar-refractivity contribution in [2.24, 2.45) is 7.05 Å². The second kappa shape index (κ2) is 7.78. The van der Waals surface area contributed by atoms with Crippen LogP contribution in [0.1, 0.15) is 46.6 Å². The molecule has 0 atom stereocenters. The number of aromatic nitrogens is 3. The van der Waals surface area contributed by atoms with Gasteiger partial charge < -0.3 is 15.0 Å². The third kappa shape index (κ3) is 3.82. The van der Waals surface area contributed by atoms with Crippen LogP contribution in [0.3, 0.4) is 0 Å². The van der Waals surface area contributed by atoms with Crippen LogP contribution in [0, 0.1) is 0 Å². The quantitative estimate of drug-likeness (QED) is 0.813. The summed E-state index contributed by atoms with van der Waals surface area (Å²) in [6, 6.07) is 0.0585. The van der Waals surface area contributed by atoms with Crippen molar-refractivity contribution < 1.29 is 14.3 Å². The molecule has 0 aromatic carbocycles. The van der Waals surface area contributed by atoms with Gasteiger partial charge in [-0.2, -0.15) is 0 Å². The van der Waals surface area contributed by atoms with E-state index in [0.29, 0.717) is 36.1 Å². The van der Waals surface area contributed by atoms with E-state index in [0.717, 1.165) is 23.4 Å². The number of fused-ring (bicyclic) bond motifs is 1. The zero-order valence-corrected chi connectivity index (χ0v) is 16.8. The van der Waals surface area contributed by atoms with Crippen LogP contribution in [-0.4, -0.2) is 51.3 Å². The molecule has 2 N–H and O–H groups in total. The van der Waals surface area contributed by atoms with Gasteiger partial charge in [-0.15, -0.1) is 5.10 Å². The van der Waals surface area contributed by atoms with E-state index in [-0.39, 0.29) is 18.0 Å². The van der Waals surface area contributed by atoms with Gasteiger partial charge >= 0.3 is 6.03 Å². The average molecular weight is 404 g/mol. The summed E-state index contributed by atoms with van der Waals surface area (Å²) in [5.74, 6) is 0.214. The van der Waals surface area contributed by atoms with Crippen molar-refractivity contribution in [3.05, 3.63) is 22.3 Å². The zero-order chi connectivity index (χ0) is 19.7. The molecule has 0 saturated heterocycles. The van der Waals surface area contributed by atoms with Gasteiger partial charge in [0.1, 0.15) is 5.56 Å². The van der Waals surface area contributed by atoms with Crippen LogP contribution in [0.15, 0.2) is 6.20 Å². The van der Waals surface area contributed by atoms with Crippen LogP contribution in [0.4, 0.5) is 9.93 Å². The van der Waals surface area contributed by atoms with Crippen molar-refractivity contribution in [1.29, 1.82) is 0 Å². The molecule has 0 radical (unpaired) electrons. The molecular weight excluding hydrogens is 380 g/mol. The van der Waals surface area contributed by atoms with E-state index in [4.69, 9.17) is 4.74 Å². The van der Waals surface area contributed by atoms with Crippen molar-refractivity contribution in [3.63, 3.8) is 0 Å². The van der Waals surface area contributed by atoms with Gasteiger partial charge in [-0.05, 0) is 12.8 Å².